The molecule has 0 radical (unpaired) electrons. The monoisotopic (exact) mass is 362 g/mol. The summed E-state index contributed by atoms with van der Waals surface area (Å²) in [6.07, 6.45) is 0. The van der Waals surface area contributed by atoms with Gasteiger partial charge in [-0.1, -0.05) is 48.0 Å². The second-order valence-electron chi connectivity index (χ2n) is 7.14. The fourth-order valence-corrected chi connectivity index (χ4v) is 2.76. The molecule has 1 heterocycles. The molecule has 0 spiro atoms. The van der Waals surface area contributed by atoms with Crippen LogP contribution in [-0.2, 0) is 15.9 Å². The molecule has 0 N–H and O–H groups in total. The summed E-state index contributed by atoms with van der Waals surface area (Å²) in [5.41, 5.74) is 0.119. The van der Waals surface area contributed by atoms with Gasteiger partial charge in [-0.2, -0.15) is 0 Å². The SMILES string of the molecule is CC1(C)OB(c2ccc(Cl)c(OCc3ccccc3)c2F)OC1(C)C. The Morgan fingerprint density at radius 1 is 1.00 bits per heavy atom. The lowest BCUT2D eigenvalue weighted by Crippen LogP contribution is -2.41. The summed E-state index contributed by atoms with van der Waals surface area (Å²) < 4.78 is 32.5. The third-order valence-corrected chi connectivity index (χ3v) is 5.11. The van der Waals surface area contributed by atoms with Crippen LogP contribution in [0.5, 0.6) is 5.75 Å². The lowest BCUT2D eigenvalue weighted by Gasteiger charge is -2.32. The Kier molecular flexibility index (Phi) is 4.84. The summed E-state index contributed by atoms with van der Waals surface area (Å²) >= 11 is 6.14. The predicted octanol–water partition coefficient (Wildman–Crippen LogP) is 4.36. The zero-order valence-corrected chi connectivity index (χ0v) is 15.6. The van der Waals surface area contributed by atoms with E-state index in [0.29, 0.717) is 0 Å². The Labute approximate surface area is 153 Å². The van der Waals surface area contributed by atoms with Crippen LogP contribution in [-0.4, -0.2) is 18.3 Å². The van der Waals surface area contributed by atoms with Gasteiger partial charge in [-0.05, 0) is 39.3 Å². The lowest BCUT2D eigenvalue weighted by molar-refractivity contribution is 0.00578. The molecule has 3 nitrogen and oxygen atoms in total. The number of benzene rings is 2. The average Bonchev–Trinajstić information content (AvgIpc) is 2.76. The van der Waals surface area contributed by atoms with Crippen molar-refractivity contribution in [3.63, 3.8) is 0 Å². The van der Waals surface area contributed by atoms with Gasteiger partial charge >= 0.3 is 7.12 Å². The largest absolute Gasteiger partial charge is 0.498 e. The molecule has 132 valence electrons. The minimum atomic E-state index is -0.804. The number of hydrogen-bond acceptors (Lipinski definition) is 3. The van der Waals surface area contributed by atoms with Gasteiger partial charge in [0, 0.05) is 5.46 Å². The van der Waals surface area contributed by atoms with Crippen molar-refractivity contribution in [2.45, 2.75) is 45.5 Å². The van der Waals surface area contributed by atoms with Crippen molar-refractivity contribution in [2.75, 3.05) is 0 Å². The van der Waals surface area contributed by atoms with E-state index in [2.05, 4.69) is 0 Å². The lowest BCUT2D eigenvalue weighted by atomic mass is 9.78. The summed E-state index contributed by atoms with van der Waals surface area (Å²) in [6, 6.07) is 12.7. The van der Waals surface area contributed by atoms with E-state index < -0.39 is 24.1 Å². The quantitative estimate of drug-likeness (QED) is 0.757. The molecule has 3 rings (SSSR count). The van der Waals surface area contributed by atoms with Crippen molar-refractivity contribution in [1.82, 2.24) is 0 Å². The van der Waals surface area contributed by atoms with Crippen LogP contribution in [0.4, 0.5) is 4.39 Å². The van der Waals surface area contributed by atoms with Crippen LogP contribution in [0.2, 0.25) is 5.02 Å². The van der Waals surface area contributed by atoms with E-state index in [1.165, 1.54) is 0 Å². The van der Waals surface area contributed by atoms with Crippen LogP contribution in [0.1, 0.15) is 33.3 Å². The molecule has 0 saturated carbocycles. The summed E-state index contributed by atoms with van der Waals surface area (Å²) in [6.45, 7) is 7.92. The molecule has 0 unspecified atom stereocenters. The van der Waals surface area contributed by atoms with Crippen molar-refractivity contribution in [3.8, 4) is 5.75 Å². The zero-order valence-electron chi connectivity index (χ0n) is 14.8. The molecule has 1 aliphatic rings. The van der Waals surface area contributed by atoms with Crippen LogP contribution in [0.3, 0.4) is 0 Å². The summed E-state index contributed by atoms with van der Waals surface area (Å²) in [5.74, 6) is -0.542. The highest BCUT2D eigenvalue weighted by atomic mass is 35.5. The molecule has 0 aliphatic carbocycles. The van der Waals surface area contributed by atoms with Gasteiger partial charge in [0.25, 0.3) is 0 Å². The average molecular weight is 363 g/mol. The van der Waals surface area contributed by atoms with Crippen molar-refractivity contribution in [3.05, 3.63) is 58.9 Å². The van der Waals surface area contributed by atoms with Gasteiger partial charge in [-0.3, -0.25) is 0 Å². The van der Waals surface area contributed by atoms with E-state index in [1.54, 1.807) is 12.1 Å². The van der Waals surface area contributed by atoms with Gasteiger partial charge in [-0.15, -0.1) is 0 Å². The normalized spacial score (nSPS) is 18.4. The Morgan fingerprint density at radius 2 is 1.60 bits per heavy atom. The first kappa shape index (κ1) is 18.2. The fourth-order valence-electron chi connectivity index (χ4n) is 2.56. The highest BCUT2D eigenvalue weighted by Gasteiger charge is 2.52. The number of rotatable bonds is 4. The highest BCUT2D eigenvalue weighted by Crippen LogP contribution is 2.37. The molecule has 1 fully saturated rings. The minimum Gasteiger partial charge on any atom is -0.484 e. The van der Waals surface area contributed by atoms with Crippen molar-refractivity contribution in [2.24, 2.45) is 0 Å². The van der Waals surface area contributed by atoms with Crippen molar-refractivity contribution < 1.29 is 18.4 Å². The smallest absolute Gasteiger partial charge is 0.484 e. The second-order valence-corrected chi connectivity index (χ2v) is 7.55. The standard InChI is InChI=1S/C19H21BClFO3/c1-18(2)19(3,4)25-20(24-18)14-10-11-15(21)17(16(14)22)23-12-13-8-6-5-7-9-13/h5-11H,12H2,1-4H3. The van der Waals surface area contributed by atoms with Crippen molar-refractivity contribution in [1.29, 1.82) is 0 Å². The molecule has 1 aliphatic heterocycles. The zero-order chi connectivity index (χ0) is 18.2. The molecule has 2 aromatic carbocycles. The molecule has 0 aromatic heterocycles. The molecular weight excluding hydrogens is 341 g/mol. The Balaban J connectivity index is 1.86. The Hall–Kier alpha value is -1.56. The van der Waals surface area contributed by atoms with Gasteiger partial charge in [-0.25, -0.2) is 4.39 Å². The van der Waals surface area contributed by atoms with Crippen LogP contribution in [0.25, 0.3) is 0 Å². The second kappa shape index (κ2) is 6.63. The molecule has 0 atom stereocenters. The van der Waals surface area contributed by atoms with E-state index in [1.807, 2.05) is 58.0 Å². The maximum atomic E-state index is 15.0. The molecule has 6 heteroatoms. The topological polar surface area (TPSA) is 27.7 Å². The van der Waals surface area contributed by atoms with Gasteiger partial charge in [0.05, 0.1) is 16.2 Å². The molecule has 1 saturated heterocycles. The third kappa shape index (κ3) is 3.54. The molecular formula is C19H21BClFO3. The number of halogens is 2. The number of hydrogen-bond donors (Lipinski definition) is 0. The van der Waals surface area contributed by atoms with Crippen molar-refractivity contribution >= 4 is 24.2 Å². The first-order chi connectivity index (χ1) is 11.7. The summed E-state index contributed by atoms with van der Waals surface area (Å²) in [7, 11) is -0.804. The molecule has 0 amide bonds. The molecule has 25 heavy (non-hydrogen) atoms. The predicted molar refractivity (Wildman–Crippen MR) is 97.9 cm³/mol. The maximum Gasteiger partial charge on any atom is 0.498 e. The molecule has 0 bridgehead atoms. The van der Waals surface area contributed by atoms with E-state index in [-0.39, 0.29) is 22.8 Å². The highest BCUT2D eigenvalue weighted by molar-refractivity contribution is 6.62. The third-order valence-electron chi connectivity index (χ3n) is 4.81. The Morgan fingerprint density at radius 3 is 2.20 bits per heavy atom. The number of ether oxygens (including phenoxy) is 1. The van der Waals surface area contributed by atoms with Gasteiger partial charge < -0.3 is 14.0 Å². The first-order valence-corrected chi connectivity index (χ1v) is 8.59. The van der Waals surface area contributed by atoms with Crippen LogP contribution in [0, 0.1) is 5.82 Å². The van der Waals surface area contributed by atoms with E-state index in [0.717, 1.165) is 5.56 Å². The van der Waals surface area contributed by atoms with Crippen LogP contribution in [0.15, 0.2) is 42.5 Å². The Bertz CT molecular complexity index is 749. The van der Waals surface area contributed by atoms with E-state index >= 15 is 4.39 Å². The van der Waals surface area contributed by atoms with E-state index in [9.17, 15) is 0 Å². The van der Waals surface area contributed by atoms with Gasteiger partial charge in [0.15, 0.2) is 11.6 Å². The summed E-state index contributed by atoms with van der Waals surface area (Å²) in [5, 5.41) is 0.216. The minimum absolute atomic E-state index is 0.0118. The van der Waals surface area contributed by atoms with E-state index in [4.69, 9.17) is 25.6 Å². The first-order valence-electron chi connectivity index (χ1n) is 8.21. The molecule has 2 aromatic rings. The maximum absolute atomic E-state index is 15.0. The van der Waals surface area contributed by atoms with Gasteiger partial charge in [0.1, 0.15) is 6.61 Å². The fraction of sp³-hybridized carbons (Fsp3) is 0.368. The van der Waals surface area contributed by atoms with Crippen LogP contribution < -0.4 is 10.2 Å². The summed E-state index contributed by atoms with van der Waals surface area (Å²) in [4.78, 5) is 0. The van der Waals surface area contributed by atoms with Crippen LogP contribution >= 0.6 is 11.6 Å². The van der Waals surface area contributed by atoms with Gasteiger partial charge in [0.2, 0.25) is 0 Å².